The second-order valence-corrected chi connectivity index (χ2v) is 6.59. The summed E-state index contributed by atoms with van der Waals surface area (Å²) >= 11 is 0. The Bertz CT molecular complexity index is 807. The number of aryl methyl sites for hydroxylation is 1. The highest BCUT2D eigenvalue weighted by Crippen LogP contribution is 2.30. The Morgan fingerprint density at radius 1 is 1.11 bits per heavy atom. The monoisotopic (exact) mass is 369 g/mol. The molecule has 1 aliphatic rings. The van der Waals surface area contributed by atoms with Crippen LogP contribution in [0.1, 0.15) is 41.6 Å². The smallest absolute Gasteiger partial charge is 0.257 e. The third kappa shape index (κ3) is 4.64. The van der Waals surface area contributed by atoms with E-state index in [4.69, 9.17) is 5.21 Å². The number of amides is 2. The molecule has 7 heteroatoms. The molecular weight excluding hydrogens is 346 g/mol. The van der Waals surface area contributed by atoms with E-state index in [0.29, 0.717) is 5.56 Å². The molecule has 0 radical (unpaired) electrons. The predicted molar refractivity (Wildman–Crippen MR) is 99.0 cm³/mol. The zero-order valence-corrected chi connectivity index (χ0v) is 14.8. The fraction of sp³-hybridized carbons (Fsp3) is 0.300. The van der Waals surface area contributed by atoms with Crippen LogP contribution in [-0.4, -0.2) is 28.7 Å². The summed E-state index contributed by atoms with van der Waals surface area (Å²) in [6.45, 7) is -0.225. The first kappa shape index (κ1) is 18.9. The maximum absolute atomic E-state index is 13.0. The van der Waals surface area contributed by atoms with Crippen molar-refractivity contribution in [2.75, 3.05) is 6.54 Å². The van der Waals surface area contributed by atoms with Gasteiger partial charge in [0.25, 0.3) is 5.91 Å². The van der Waals surface area contributed by atoms with Crippen LogP contribution in [0.3, 0.4) is 0 Å². The van der Waals surface area contributed by atoms with Crippen molar-refractivity contribution in [1.82, 2.24) is 16.1 Å². The average Bonchev–Trinajstić information content (AvgIpc) is 2.69. The van der Waals surface area contributed by atoms with Gasteiger partial charge in [-0.15, -0.1) is 0 Å². The Balaban J connectivity index is 1.78. The van der Waals surface area contributed by atoms with Crippen LogP contribution >= 0.6 is 0 Å². The van der Waals surface area contributed by atoms with E-state index >= 15 is 0 Å². The number of carbonyl (C=O) groups excluding carboxylic acids is 2. The summed E-state index contributed by atoms with van der Waals surface area (Å²) in [4.78, 5) is 24.4. The fourth-order valence-electron chi connectivity index (χ4n) is 3.42. The Morgan fingerprint density at radius 2 is 1.85 bits per heavy atom. The number of phenols is 1. The SMILES string of the molecule is O=C(CNC(C(=O)NC1CCCc2ccccc21)c1ccc(O)cc1)NO. The predicted octanol–water partition coefficient (Wildman–Crippen LogP) is 1.72. The highest BCUT2D eigenvalue weighted by atomic mass is 16.5. The van der Waals surface area contributed by atoms with Crippen molar-refractivity contribution in [1.29, 1.82) is 0 Å². The normalized spacial score (nSPS) is 16.9. The van der Waals surface area contributed by atoms with E-state index in [1.54, 1.807) is 17.6 Å². The third-order valence-corrected chi connectivity index (χ3v) is 4.77. The standard InChI is InChI=1S/C20H23N3O4/c24-15-10-8-14(9-11-15)19(21-12-18(25)23-27)20(26)22-17-7-3-5-13-4-1-2-6-16(13)17/h1-2,4,6,8-11,17,19,21,24,27H,3,5,7,12H2,(H,22,26)(H,23,25). The van der Waals surface area contributed by atoms with Gasteiger partial charge in [-0.25, -0.2) is 5.48 Å². The van der Waals surface area contributed by atoms with Gasteiger partial charge in [-0.3, -0.25) is 20.1 Å². The van der Waals surface area contributed by atoms with Gasteiger partial charge >= 0.3 is 0 Å². The molecule has 0 heterocycles. The zero-order valence-electron chi connectivity index (χ0n) is 14.8. The van der Waals surface area contributed by atoms with Crippen molar-refractivity contribution in [3.8, 4) is 5.75 Å². The number of aromatic hydroxyl groups is 1. The molecule has 0 saturated carbocycles. The number of hydrogen-bond acceptors (Lipinski definition) is 5. The minimum Gasteiger partial charge on any atom is -0.508 e. The van der Waals surface area contributed by atoms with Crippen LogP contribution < -0.4 is 16.1 Å². The van der Waals surface area contributed by atoms with E-state index in [1.165, 1.54) is 17.7 Å². The first-order valence-corrected chi connectivity index (χ1v) is 8.92. The molecule has 0 spiro atoms. The number of hydroxylamine groups is 1. The first-order chi connectivity index (χ1) is 13.1. The molecule has 0 aliphatic heterocycles. The van der Waals surface area contributed by atoms with E-state index in [1.807, 2.05) is 18.2 Å². The van der Waals surface area contributed by atoms with Crippen molar-refractivity contribution < 1.29 is 19.9 Å². The summed E-state index contributed by atoms with van der Waals surface area (Å²) in [5.74, 6) is -0.824. The van der Waals surface area contributed by atoms with Gasteiger partial charge in [-0.2, -0.15) is 0 Å². The Kier molecular flexibility index (Phi) is 6.05. The van der Waals surface area contributed by atoms with Gasteiger partial charge < -0.3 is 10.4 Å². The van der Waals surface area contributed by atoms with Gasteiger partial charge in [0.2, 0.25) is 5.91 Å². The van der Waals surface area contributed by atoms with Crippen LogP contribution in [0.2, 0.25) is 0 Å². The summed E-state index contributed by atoms with van der Waals surface area (Å²) in [6.07, 6.45) is 2.84. The van der Waals surface area contributed by atoms with Gasteiger partial charge in [0.1, 0.15) is 11.8 Å². The number of rotatable bonds is 6. The number of benzene rings is 2. The van der Waals surface area contributed by atoms with E-state index in [0.717, 1.165) is 24.8 Å². The Morgan fingerprint density at radius 3 is 2.59 bits per heavy atom. The topological polar surface area (TPSA) is 111 Å². The number of phenolic OH excluding ortho intramolecular Hbond substituents is 1. The van der Waals surface area contributed by atoms with Gasteiger partial charge in [0.15, 0.2) is 0 Å². The van der Waals surface area contributed by atoms with Crippen molar-refractivity contribution in [3.63, 3.8) is 0 Å². The molecule has 2 atom stereocenters. The number of hydrogen-bond donors (Lipinski definition) is 5. The van der Waals surface area contributed by atoms with Crippen LogP contribution in [0.5, 0.6) is 5.75 Å². The first-order valence-electron chi connectivity index (χ1n) is 8.92. The van der Waals surface area contributed by atoms with Crippen molar-refractivity contribution in [2.45, 2.75) is 31.3 Å². The summed E-state index contributed by atoms with van der Waals surface area (Å²) in [5.41, 5.74) is 4.51. The van der Waals surface area contributed by atoms with Crippen LogP contribution in [-0.2, 0) is 16.0 Å². The molecule has 142 valence electrons. The lowest BCUT2D eigenvalue weighted by Crippen LogP contribution is -2.43. The number of carbonyl (C=O) groups is 2. The van der Waals surface area contributed by atoms with Crippen molar-refractivity contribution >= 4 is 11.8 Å². The third-order valence-electron chi connectivity index (χ3n) is 4.77. The van der Waals surface area contributed by atoms with Crippen LogP contribution in [0, 0.1) is 0 Å². The minimum absolute atomic E-state index is 0.0875. The molecule has 2 unspecified atom stereocenters. The molecule has 0 saturated heterocycles. The molecule has 3 rings (SSSR count). The second-order valence-electron chi connectivity index (χ2n) is 6.59. The molecule has 0 bridgehead atoms. The molecule has 2 aromatic carbocycles. The van der Waals surface area contributed by atoms with Gasteiger partial charge in [0.05, 0.1) is 12.6 Å². The highest BCUT2D eigenvalue weighted by molar-refractivity contribution is 5.85. The quantitative estimate of drug-likeness (QED) is 0.393. The van der Waals surface area contributed by atoms with Crippen molar-refractivity contribution in [2.24, 2.45) is 0 Å². The van der Waals surface area contributed by atoms with E-state index < -0.39 is 11.9 Å². The van der Waals surface area contributed by atoms with E-state index in [2.05, 4.69) is 16.7 Å². The number of fused-ring (bicyclic) bond motifs is 1. The second kappa shape index (κ2) is 8.66. The Labute approximate surface area is 157 Å². The number of nitrogens with one attached hydrogen (secondary N) is 3. The van der Waals surface area contributed by atoms with Crippen LogP contribution in [0.4, 0.5) is 0 Å². The zero-order chi connectivity index (χ0) is 19.2. The molecule has 5 N–H and O–H groups in total. The summed E-state index contributed by atoms with van der Waals surface area (Å²) in [6, 6.07) is 13.4. The molecule has 2 aromatic rings. The summed E-state index contributed by atoms with van der Waals surface area (Å²) in [5, 5.41) is 24.1. The lowest BCUT2D eigenvalue weighted by molar-refractivity contribution is -0.129. The van der Waals surface area contributed by atoms with Crippen LogP contribution in [0.25, 0.3) is 0 Å². The maximum Gasteiger partial charge on any atom is 0.257 e. The Hall–Kier alpha value is -2.90. The molecule has 1 aliphatic carbocycles. The summed E-state index contributed by atoms with van der Waals surface area (Å²) < 4.78 is 0. The van der Waals surface area contributed by atoms with Gasteiger partial charge in [0, 0.05) is 0 Å². The summed E-state index contributed by atoms with van der Waals surface area (Å²) in [7, 11) is 0. The maximum atomic E-state index is 13.0. The molecule has 27 heavy (non-hydrogen) atoms. The molecule has 2 amide bonds. The highest BCUT2D eigenvalue weighted by Gasteiger charge is 2.26. The molecule has 7 nitrogen and oxygen atoms in total. The largest absolute Gasteiger partial charge is 0.508 e. The van der Waals surface area contributed by atoms with Gasteiger partial charge in [-0.05, 0) is 48.1 Å². The molecular formula is C20H23N3O4. The molecule has 0 fully saturated rings. The van der Waals surface area contributed by atoms with E-state index in [9.17, 15) is 14.7 Å². The minimum atomic E-state index is -0.794. The lowest BCUT2D eigenvalue weighted by atomic mass is 9.87. The lowest BCUT2D eigenvalue weighted by Gasteiger charge is -2.28. The van der Waals surface area contributed by atoms with Crippen molar-refractivity contribution in [3.05, 3.63) is 65.2 Å². The van der Waals surface area contributed by atoms with Crippen LogP contribution in [0.15, 0.2) is 48.5 Å². The average molecular weight is 369 g/mol. The fourth-order valence-corrected chi connectivity index (χ4v) is 3.42. The van der Waals surface area contributed by atoms with Gasteiger partial charge in [-0.1, -0.05) is 36.4 Å². The molecule has 0 aromatic heterocycles. The van der Waals surface area contributed by atoms with E-state index in [-0.39, 0.29) is 24.2 Å².